The third-order valence-electron chi connectivity index (χ3n) is 4.92. The predicted octanol–water partition coefficient (Wildman–Crippen LogP) is 2.67. The minimum absolute atomic E-state index is 0.0201. The molecule has 1 heterocycles. The molecule has 0 aromatic heterocycles. The van der Waals surface area contributed by atoms with Crippen LogP contribution in [-0.4, -0.2) is 38.4 Å². The van der Waals surface area contributed by atoms with E-state index in [2.05, 4.69) is 4.72 Å². The van der Waals surface area contributed by atoms with Gasteiger partial charge in [0, 0.05) is 30.4 Å². The molecule has 0 bridgehead atoms. The van der Waals surface area contributed by atoms with E-state index in [1.54, 1.807) is 47.4 Å². The normalized spacial score (nSPS) is 17.6. The van der Waals surface area contributed by atoms with E-state index in [1.165, 1.54) is 0 Å². The van der Waals surface area contributed by atoms with Crippen LogP contribution in [0.2, 0.25) is 0 Å². The molecule has 0 radical (unpaired) electrons. The van der Waals surface area contributed by atoms with Crippen molar-refractivity contribution in [3.8, 4) is 0 Å². The fourth-order valence-electron chi connectivity index (χ4n) is 3.15. The Morgan fingerprint density at radius 3 is 2.44 bits per heavy atom. The van der Waals surface area contributed by atoms with Crippen molar-refractivity contribution in [2.24, 2.45) is 5.73 Å². The quantitative estimate of drug-likeness (QED) is 0.844. The number of amides is 1. The van der Waals surface area contributed by atoms with Crippen LogP contribution >= 0.6 is 0 Å². The molecule has 27 heavy (non-hydrogen) atoms. The number of benzene rings is 2. The van der Waals surface area contributed by atoms with E-state index in [9.17, 15) is 13.2 Å². The fourth-order valence-corrected chi connectivity index (χ4v) is 4.30. The summed E-state index contributed by atoms with van der Waals surface area (Å²) >= 11 is 0. The van der Waals surface area contributed by atoms with E-state index in [4.69, 9.17) is 5.73 Å². The second-order valence-electron chi connectivity index (χ2n) is 7.08. The lowest BCUT2D eigenvalue weighted by Gasteiger charge is -2.30. The average Bonchev–Trinajstić information content (AvgIpc) is 2.63. The van der Waals surface area contributed by atoms with Crippen molar-refractivity contribution in [3.05, 3.63) is 59.2 Å². The summed E-state index contributed by atoms with van der Waals surface area (Å²) in [5.74, 6) is -0.0753. The molecule has 144 valence electrons. The Morgan fingerprint density at radius 2 is 1.81 bits per heavy atom. The number of nitrogens with one attached hydrogen (secondary N) is 1. The number of nitrogens with zero attached hydrogens (tertiary/aromatic N) is 1. The van der Waals surface area contributed by atoms with Crippen molar-refractivity contribution < 1.29 is 13.2 Å². The Labute approximate surface area is 160 Å². The average molecular weight is 388 g/mol. The molecule has 3 rings (SSSR count). The van der Waals surface area contributed by atoms with Gasteiger partial charge in [0.2, 0.25) is 0 Å². The summed E-state index contributed by atoms with van der Waals surface area (Å²) in [6.07, 6.45) is 1.84. The first-order chi connectivity index (χ1) is 12.8. The van der Waals surface area contributed by atoms with Crippen molar-refractivity contribution in [1.29, 1.82) is 0 Å². The Bertz CT molecular complexity index is 939. The number of likely N-dealkylation sites (tertiary alicyclic amines) is 1. The lowest BCUT2D eigenvalue weighted by atomic mass is 10.1. The van der Waals surface area contributed by atoms with E-state index < -0.39 is 10.0 Å². The number of nitrogens with two attached hydrogens (primary N) is 1. The number of carbonyl (C=O) groups excluding carboxylic acids is 1. The summed E-state index contributed by atoms with van der Waals surface area (Å²) in [5, 5.41) is 0. The molecule has 3 N–H and O–H groups in total. The van der Waals surface area contributed by atoms with Gasteiger partial charge < -0.3 is 10.6 Å². The lowest BCUT2D eigenvalue weighted by molar-refractivity contribution is 0.0709. The third-order valence-corrected chi connectivity index (χ3v) is 6.30. The summed E-state index contributed by atoms with van der Waals surface area (Å²) in [4.78, 5) is 14.5. The Balaban J connectivity index is 1.73. The monoisotopic (exact) mass is 387 g/mol. The fraction of sp³-hybridized carbons (Fsp3) is 0.350. The zero-order valence-corrected chi connectivity index (χ0v) is 16.4. The van der Waals surface area contributed by atoms with Gasteiger partial charge in [-0.1, -0.05) is 6.07 Å². The van der Waals surface area contributed by atoms with Gasteiger partial charge in [-0.05, 0) is 74.2 Å². The molecule has 1 atom stereocenters. The smallest absolute Gasteiger partial charge is 0.261 e. The highest BCUT2D eigenvalue weighted by Gasteiger charge is 2.22. The van der Waals surface area contributed by atoms with Crippen LogP contribution in [-0.2, 0) is 10.0 Å². The summed E-state index contributed by atoms with van der Waals surface area (Å²) in [7, 11) is -3.68. The second-order valence-corrected chi connectivity index (χ2v) is 8.76. The summed E-state index contributed by atoms with van der Waals surface area (Å²) in [6, 6.07) is 11.5. The Hall–Kier alpha value is -2.38. The van der Waals surface area contributed by atoms with Gasteiger partial charge in [0.25, 0.3) is 15.9 Å². The van der Waals surface area contributed by atoms with Gasteiger partial charge in [0.05, 0.1) is 4.90 Å². The summed E-state index contributed by atoms with van der Waals surface area (Å²) < 4.78 is 27.7. The number of anilines is 1. The van der Waals surface area contributed by atoms with Gasteiger partial charge in [-0.25, -0.2) is 8.42 Å². The van der Waals surface area contributed by atoms with Crippen LogP contribution in [0, 0.1) is 13.8 Å². The molecule has 1 aliphatic heterocycles. The molecule has 1 aliphatic rings. The largest absolute Gasteiger partial charge is 0.337 e. The highest BCUT2D eigenvalue weighted by atomic mass is 32.2. The molecule has 6 nitrogen and oxygen atoms in total. The maximum Gasteiger partial charge on any atom is 0.261 e. The van der Waals surface area contributed by atoms with Gasteiger partial charge in [0.1, 0.15) is 0 Å². The van der Waals surface area contributed by atoms with Crippen LogP contribution in [0.1, 0.15) is 34.3 Å². The van der Waals surface area contributed by atoms with Crippen LogP contribution in [0.3, 0.4) is 0 Å². The molecule has 2 aromatic rings. The molecule has 0 spiro atoms. The second kappa shape index (κ2) is 7.70. The number of carbonyl (C=O) groups is 1. The molecular weight excluding hydrogens is 362 g/mol. The number of aryl methyl sites for hydroxylation is 2. The molecule has 7 heteroatoms. The highest BCUT2D eigenvalue weighted by Crippen LogP contribution is 2.20. The van der Waals surface area contributed by atoms with Crippen LogP contribution < -0.4 is 10.5 Å². The lowest BCUT2D eigenvalue weighted by Crippen LogP contribution is -2.45. The Morgan fingerprint density at radius 1 is 1.11 bits per heavy atom. The van der Waals surface area contributed by atoms with Gasteiger partial charge in [0.15, 0.2) is 0 Å². The molecule has 0 aliphatic carbocycles. The maximum atomic E-state index is 12.6. The maximum absolute atomic E-state index is 12.6. The van der Waals surface area contributed by atoms with Gasteiger partial charge in [-0.3, -0.25) is 9.52 Å². The molecule has 1 fully saturated rings. The standard InChI is InChI=1S/C20H25N3O3S/c1-14-5-10-19(12-15(14)2)27(25,26)22-18-8-6-16(7-9-18)20(24)23-11-3-4-17(21)13-23/h5-10,12,17,22H,3-4,11,13,21H2,1-2H3. The van der Waals surface area contributed by atoms with Gasteiger partial charge in [-0.2, -0.15) is 0 Å². The molecule has 1 unspecified atom stereocenters. The van der Waals surface area contributed by atoms with Crippen LogP contribution in [0.25, 0.3) is 0 Å². The first-order valence-corrected chi connectivity index (χ1v) is 10.5. The molecular formula is C20H25N3O3S. The van der Waals surface area contributed by atoms with E-state index in [0.29, 0.717) is 24.3 Å². The molecule has 1 amide bonds. The van der Waals surface area contributed by atoms with Crippen molar-refractivity contribution >= 4 is 21.6 Å². The minimum Gasteiger partial charge on any atom is -0.337 e. The van der Waals surface area contributed by atoms with Crippen molar-refractivity contribution in [2.45, 2.75) is 37.6 Å². The van der Waals surface area contributed by atoms with E-state index in [0.717, 1.165) is 24.0 Å². The number of rotatable bonds is 4. The number of hydrogen-bond acceptors (Lipinski definition) is 4. The zero-order valence-electron chi connectivity index (χ0n) is 15.6. The molecule has 2 aromatic carbocycles. The first-order valence-electron chi connectivity index (χ1n) is 9.01. The van der Waals surface area contributed by atoms with Crippen molar-refractivity contribution in [1.82, 2.24) is 4.90 Å². The van der Waals surface area contributed by atoms with Gasteiger partial charge in [-0.15, -0.1) is 0 Å². The third kappa shape index (κ3) is 4.48. The van der Waals surface area contributed by atoms with Crippen LogP contribution in [0.5, 0.6) is 0 Å². The summed E-state index contributed by atoms with van der Waals surface area (Å²) in [5.41, 5.74) is 8.83. The molecule has 1 saturated heterocycles. The van der Waals surface area contributed by atoms with E-state index in [1.807, 2.05) is 13.8 Å². The zero-order chi connectivity index (χ0) is 19.6. The first kappa shape index (κ1) is 19.4. The van der Waals surface area contributed by atoms with Gasteiger partial charge >= 0.3 is 0 Å². The number of hydrogen-bond donors (Lipinski definition) is 2. The topological polar surface area (TPSA) is 92.5 Å². The predicted molar refractivity (Wildman–Crippen MR) is 106 cm³/mol. The van der Waals surface area contributed by atoms with E-state index in [-0.39, 0.29) is 16.8 Å². The summed E-state index contributed by atoms with van der Waals surface area (Å²) in [6.45, 7) is 5.07. The van der Waals surface area contributed by atoms with Crippen molar-refractivity contribution in [3.63, 3.8) is 0 Å². The van der Waals surface area contributed by atoms with E-state index >= 15 is 0 Å². The minimum atomic E-state index is -3.68. The van der Waals surface area contributed by atoms with Crippen molar-refractivity contribution in [2.75, 3.05) is 17.8 Å². The van der Waals surface area contributed by atoms with Crippen LogP contribution in [0.4, 0.5) is 5.69 Å². The highest BCUT2D eigenvalue weighted by molar-refractivity contribution is 7.92. The molecule has 0 saturated carbocycles. The van der Waals surface area contributed by atoms with Crippen LogP contribution in [0.15, 0.2) is 47.4 Å². The SMILES string of the molecule is Cc1ccc(S(=O)(=O)Nc2ccc(C(=O)N3CCCC(N)C3)cc2)cc1C. The number of piperidine rings is 1. The number of sulfonamides is 1. The Kier molecular flexibility index (Phi) is 5.53.